The highest BCUT2D eigenvalue weighted by molar-refractivity contribution is 6.31. The molecular formula is C7H9ClN2. The van der Waals surface area contributed by atoms with Crippen molar-refractivity contribution in [2.24, 2.45) is 0 Å². The summed E-state index contributed by atoms with van der Waals surface area (Å²) in [6.07, 6.45) is 0. The molecule has 10 heavy (non-hydrogen) atoms. The predicted molar refractivity (Wildman–Crippen MR) is 43.1 cm³/mol. The van der Waals surface area contributed by atoms with Crippen LogP contribution in [-0.4, -0.2) is 4.98 Å². The molecular weight excluding hydrogens is 148 g/mol. The average Bonchev–Trinajstić information content (AvgIpc) is 1.84. The fraction of sp³-hybridized carbons (Fsp3) is 0.286. The Morgan fingerprint density at radius 3 is 2.60 bits per heavy atom. The molecule has 0 aliphatic rings. The van der Waals surface area contributed by atoms with Crippen LogP contribution in [0.4, 0.5) is 5.69 Å². The number of nitrogens with zero attached hydrogens (tertiary/aromatic N) is 1. The molecule has 0 atom stereocenters. The van der Waals surface area contributed by atoms with Crippen molar-refractivity contribution in [1.82, 2.24) is 4.98 Å². The first-order chi connectivity index (χ1) is 4.61. The van der Waals surface area contributed by atoms with Crippen LogP contribution in [0.2, 0.25) is 5.15 Å². The maximum atomic E-state index is 5.65. The molecule has 0 saturated carbocycles. The molecule has 0 aromatic carbocycles. The lowest BCUT2D eigenvalue weighted by Crippen LogP contribution is -1.93. The summed E-state index contributed by atoms with van der Waals surface area (Å²) in [5.74, 6) is 0. The molecule has 2 nitrogen and oxygen atoms in total. The van der Waals surface area contributed by atoms with Crippen molar-refractivity contribution in [3.8, 4) is 0 Å². The molecule has 1 aromatic heterocycles. The van der Waals surface area contributed by atoms with Gasteiger partial charge in [-0.25, -0.2) is 4.98 Å². The maximum Gasteiger partial charge on any atom is 0.152 e. The Kier molecular flexibility index (Phi) is 1.81. The second-order valence-corrected chi connectivity index (χ2v) is 2.63. The molecule has 2 N–H and O–H groups in total. The highest BCUT2D eigenvalue weighted by Gasteiger charge is 1.99. The Labute approximate surface area is 65.0 Å². The number of aryl methyl sites for hydroxylation is 2. The zero-order chi connectivity index (χ0) is 7.72. The van der Waals surface area contributed by atoms with Gasteiger partial charge in [-0.1, -0.05) is 11.6 Å². The number of pyridine rings is 1. The Balaban J connectivity index is 3.28. The van der Waals surface area contributed by atoms with E-state index >= 15 is 0 Å². The van der Waals surface area contributed by atoms with Crippen LogP contribution in [0.5, 0.6) is 0 Å². The molecule has 0 spiro atoms. The van der Waals surface area contributed by atoms with E-state index in [1.165, 1.54) is 0 Å². The monoisotopic (exact) mass is 156 g/mol. The summed E-state index contributed by atoms with van der Waals surface area (Å²) in [7, 11) is 0. The summed E-state index contributed by atoms with van der Waals surface area (Å²) in [4.78, 5) is 4.01. The van der Waals surface area contributed by atoms with E-state index in [0.29, 0.717) is 10.8 Å². The lowest BCUT2D eigenvalue weighted by molar-refractivity contribution is 1.15. The SMILES string of the molecule is Cc1cc(N)c(Cl)nc1C. The molecule has 0 fully saturated rings. The Morgan fingerprint density at radius 1 is 1.50 bits per heavy atom. The van der Waals surface area contributed by atoms with Crippen molar-refractivity contribution < 1.29 is 0 Å². The number of aromatic nitrogens is 1. The maximum absolute atomic E-state index is 5.65. The fourth-order valence-corrected chi connectivity index (χ4v) is 0.879. The fourth-order valence-electron chi connectivity index (χ4n) is 0.697. The van der Waals surface area contributed by atoms with Crippen LogP contribution in [0.1, 0.15) is 11.3 Å². The third kappa shape index (κ3) is 1.21. The van der Waals surface area contributed by atoms with Gasteiger partial charge < -0.3 is 5.73 Å². The van der Waals surface area contributed by atoms with Crippen LogP contribution < -0.4 is 5.73 Å². The first-order valence-corrected chi connectivity index (χ1v) is 3.38. The molecule has 0 bridgehead atoms. The molecule has 1 aromatic rings. The smallest absolute Gasteiger partial charge is 0.152 e. The average molecular weight is 157 g/mol. The van der Waals surface area contributed by atoms with Gasteiger partial charge in [-0.3, -0.25) is 0 Å². The number of halogens is 1. The van der Waals surface area contributed by atoms with Crippen molar-refractivity contribution in [2.75, 3.05) is 5.73 Å². The molecule has 0 unspecified atom stereocenters. The number of hydrogen-bond donors (Lipinski definition) is 1. The number of nitrogens with two attached hydrogens (primary N) is 1. The molecule has 0 aliphatic carbocycles. The highest BCUT2D eigenvalue weighted by Crippen LogP contribution is 2.18. The quantitative estimate of drug-likeness (QED) is 0.583. The molecule has 0 amide bonds. The summed E-state index contributed by atoms with van der Waals surface area (Å²) in [5.41, 5.74) is 8.04. The Hall–Kier alpha value is -0.760. The minimum absolute atomic E-state index is 0.392. The highest BCUT2D eigenvalue weighted by atomic mass is 35.5. The van der Waals surface area contributed by atoms with E-state index in [4.69, 9.17) is 17.3 Å². The van der Waals surface area contributed by atoms with Crippen LogP contribution >= 0.6 is 11.6 Å². The molecule has 1 heterocycles. The first kappa shape index (κ1) is 7.35. The standard InChI is InChI=1S/C7H9ClN2/c1-4-3-6(9)7(8)10-5(4)2/h3H,9H2,1-2H3. The van der Waals surface area contributed by atoms with E-state index in [-0.39, 0.29) is 0 Å². The lowest BCUT2D eigenvalue weighted by Gasteiger charge is -2.01. The van der Waals surface area contributed by atoms with Gasteiger partial charge in [-0.15, -0.1) is 0 Å². The zero-order valence-corrected chi connectivity index (χ0v) is 6.74. The Morgan fingerprint density at radius 2 is 2.10 bits per heavy atom. The number of rotatable bonds is 0. The third-order valence-corrected chi connectivity index (χ3v) is 1.75. The number of anilines is 1. The van der Waals surface area contributed by atoms with Crippen molar-refractivity contribution >= 4 is 17.3 Å². The lowest BCUT2D eigenvalue weighted by atomic mass is 10.2. The summed E-state index contributed by atoms with van der Waals surface area (Å²) in [5, 5.41) is 0.392. The number of nitrogen functional groups attached to an aromatic ring is 1. The van der Waals surface area contributed by atoms with E-state index in [1.54, 1.807) is 0 Å². The van der Waals surface area contributed by atoms with Crippen LogP contribution in [0.3, 0.4) is 0 Å². The summed E-state index contributed by atoms with van der Waals surface area (Å²) in [6.45, 7) is 3.86. The van der Waals surface area contributed by atoms with Gasteiger partial charge in [0.15, 0.2) is 5.15 Å². The largest absolute Gasteiger partial charge is 0.396 e. The van der Waals surface area contributed by atoms with E-state index in [1.807, 2.05) is 19.9 Å². The molecule has 3 heteroatoms. The van der Waals surface area contributed by atoms with Crippen LogP contribution in [-0.2, 0) is 0 Å². The van der Waals surface area contributed by atoms with Gasteiger partial charge in [0.1, 0.15) is 0 Å². The van der Waals surface area contributed by atoms with Gasteiger partial charge in [0, 0.05) is 5.69 Å². The van der Waals surface area contributed by atoms with E-state index < -0.39 is 0 Å². The summed E-state index contributed by atoms with van der Waals surface area (Å²) < 4.78 is 0. The summed E-state index contributed by atoms with van der Waals surface area (Å²) in [6, 6.07) is 1.82. The van der Waals surface area contributed by atoms with Crippen LogP contribution in [0.25, 0.3) is 0 Å². The van der Waals surface area contributed by atoms with Crippen molar-refractivity contribution in [3.05, 3.63) is 22.5 Å². The van der Waals surface area contributed by atoms with Crippen LogP contribution in [0, 0.1) is 13.8 Å². The van der Waals surface area contributed by atoms with Crippen molar-refractivity contribution in [1.29, 1.82) is 0 Å². The Bertz CT molecular complexity index is 208. The molecule has 0 radical (unpaired) electrons. The van der Waals surface area contributed by atoms with Gasteiger partial charge >= 0.3 is 0 Å². The first-order valence-electron chi connectivity index (χ1n) is 3.00. The van der Waals surface area contributed by atoms with E-state index in [2.05, 4.69) is 4.98 Å². The molecule has 1 rings (SSSR count). The second-order valence-electron chi connectivity index (χ2n) is 2.27. The normalized spacial score (nSPS) is 9.90. The second kappa shape index (κ2) is 2.46. The minimum atomic E-state index is 0.392. The van der Waals surface area contributed by atoms with E-state index in [0.717, 1.165) is 11.3 Å². The predicted octanol–water partition coefficient (Wildman–Crippen LogP) is 1.93. The van der Waals surface area contributed by atoms with Crippen molar-refractivity contribution in [3.63, 3.8) is 0 Å². The van der Waals surface area contributed by atoms with Gasteiger partial charge in [0.25, 0.3) is 0 Å². The molecule has 0 aliphatic heterocycles. The van der Waals surface area contributed by atoms with Crippen molar-refractivity contribution in [2.45, 2.75) is 13.8 Å². The van der Waals surface area contributed by atoms with Crippen LogP contribution in [0.15, 0.2) is 6.07 Å². The van der Waals surface area contributed by atoms with Gasteiger partial charge in [-0.05, 0) is 25.5 Å². The molecule has 54 valence electrons. The molecule has 0 saturated heterocycles. The third-order valence-electron chi connectivity index (χ3n) is 1.45. The minimum Gasteiger partial charge on any atom is -0.396 e. The zero-order valence-electron chi connectivity index (χ0n) is 5.98. The van der Waals surface area contributed by atoms with E-state index in [9.17, 15) is 0 Å². The van der Waals surface area contributed by atoms with Gasteiger partial charge in [0.2, 0.25) is 0 Å². The topological polar surface area (TPSA) is 38.9 Å². The number of hydrogen-bond acceptors (Lipinski definition) is 2. The van der Waals surface area contributed by atoms with Gasteiger partial charge in [0.05, 0.1) is 5.69 Å². The van der Waals surface area contributed by atoms with Gasteiger partial charge in [-0.2, -0.15) is 0 Å². The summed E-state index contributed by atoms with van der Waals surface area (Å²) >= 11 is 5.65.